The topological polar surface area (TPSA) is 33.2 Å². The molecule has 2 bridgehead atoms. The number of nitrogens with zero attached hydrogens (tertiary/aromatic N) is 2. The average molecular weight is 244 g/mol. The zero-order valence-electron chi connectivity index (χ0n) is 10.9. The summed E-state index contributed by atoms with van der Waals surface area (Å²) in [5, 5.41) is 0. The van der Waals surface area contributed by atoms with Gasteiger partial charge < -0.3 is 4.90 Å². The minimum Gasteiger partial charge on any atom is -0.303 e. The van der Waals surface area contributed by atoms with Crippen LogP contribution in [-0.2, 0) is 0 Å². The van der Waals surface area contributed by atoms with E-state index in [9.17, 15) is 4.79 Å². The molecule has 0 aromatic carbocycles. The van der Waals surface area contributed by atoms with Gasteiger partial charge in [-0.2, -0.15) is 0 Å². The molecule has 3 aliphatic rings. The van der Waals surface area contributed by atoms with Crippen LogP contribution < -0.4 is 0 Å². The average Bonchev–Trinajstić information content (AvgIpc) is 2.41. The Hall–Kier alpha value is -1.22. The molecule has 0 spiro atoms. The van der Waals surface area contributed by atoms with Crippen LogP contribution in [0.4, 0.5) is 0 Å². The second-order valence-electron chi connectivity index (χ2n) is 5.75. The van der Waals surface area contributed by atoms with Gasteiger partial charge in [-0.15, -0.1) is 0 Å². The van der Waals surface area contributed by atoms with Gasteiger partial charge in [0.25, 0.3) is 0 Å². The third-order valence-corrected chi connectivity index (χ3v) is 4.44. The molecule has 0 saturated carbocycles. The third kappa shape index (κ3) is 2.32. The molecule has 0 aliphatic carbocycles. The molecule has 0 unspecified atom stereocenters. The molecule has 0 N–H and O–H groups in total. The van der Waals surface area contributed by atoms with E-state index in [4.69, 9.17) is 0 Å². The SMILES string of the molecule is Cc1ccc(C(=O)C[C@H]2CN3CCC2CC3)nc1. The summed E-state index contributed by atoms with van der Waals surface area (Å²) in [5.41, 5.74) is 1.74. The summed E-state index contributed by atoms with van der Waals surface area (Å²) in [5.74, 6) is 1.54. The molecule has 4 rings (SSSR count). The molecule has 96 valence electrons. The molecule has 1 aromatic rings. The molecule has 3 saturated heterocycles. The molecule has 1 aromatic heterocycles. The molecule has 3 fully saturated rings. The number of hydrogen-bond acceptors (Lipinski definition) is 3. The van der Waals surface area contributed by atoms with Gasteiger partial charge in [0.2, 0.25) is 0 Å². The number of aromatic nitrogens is 1. The van der Waals surface area contributed by atoms with Gasteiger partial charge in [0.05, 0.1) is 0 Å². The fraction of sp³-hybridized carbons (Fsp3) is 0.600. The number of ketones is 1. The lowest BCUT2D eigenvalue weighted by Crippen LogP contribution is -2.47. The molecule has 18 heavy (non-hydrogen) atoms. The van der Waals surface area contributed by atoms with Crippen LogP contribution in [0.15, 0.2) is 18.3 Å². The Morgan fingerprint density at radius 3 is 2.72 bits per heavy atom. The number of hydrogen-bond donors (Lipinski definition) is 0. The van der Waals surface area contributed by atoms with Gasteiger partial charge in [0.15, 0.2) is 5.78 Å². The van der Waals surface area contributed by atoms with Gasteiger partial charge >= 0.3 is 0 Å². The second kappa shape index (κ2) is 4.81. The number of pyridine rings is 1. The van der Waals surface area contributed by atoms with Crippen molar-refractivity contribution in [2.75, 3.05) is 19.6 Å². The van der Waals surface area contributed by atoms with E-state index in [1.807, 2.05) is 19.1 Å². The maximum Gasteiger partial charge on any atom is 0.181 e. The maximum absolute atomic E-state index is 12.2. The Kier molecular flexibility index (Phi) is 3.16. The quantitative estimate of drug-likeness (QED) is 0.765. The predicted octanol–water partition coefficient (Wildman–Crippen LogP) is 2.30. The monoisotopic (exact) mass is 244 g/mol. The van der Waals surface area contributed by atoms with Gasteiger partial charge in [0.1, 0.15) is 5.69 Å². The fourth-order valence-electron chi connectivity index (χ4n) is 3.29. The van der Waals surface area contributed by atoms with Crippen LogP contribution >= 0.6 is 0 Å². The van der Waals surface area contributed by atoms with Gasteiger partial charge in [-0.1, -0.05) is 6.07 Å². The Balaban J connectivity index is 1.66. The summed E-state index contributed by atoms with van der Waals surface area (Å²) < 4.78 is 0. The van der Waals surface area contributed by atoms with Gasteiger partial charge in [-0.3, -0.25) is 9.78 Å². The summed E-state index contributed by atoms with van der Waals surface area (Å²) >= 11 is 0. The largest absolute Gasteiger partial charge is 0.303 e. The highest BCUT2D eigenvalue weighted by atomic mass is 16.1. The van der Waals surface area contributed by atoms with E-state index >= 15 is 0 Å². The Morgan fingerprint density at radius 2 is 2.17 bits per heavy atom. The molecule has 3 nitrogen and oxygen atoms in total. The number of piperidine rings is 3. The number of Topliss-reactive ketones (excluding diaryl/α,β-unsaturated/α-hetero) is 1. The van der Waals surface area contributed by atoms with Crippen LogP contribution in [0.5, 0.6) is 0 Å². The van der Waals surface area contributed by atoms with E-state index in [1.54, 1.807) is 6.20 Å². The first-order valence-electron chi connectivity index (χ1n) is 6.90. The van der Waals surface area contributed by atoms with Crippen molar-refractivity contribution in [3.63, 3.8) is 0 Å². The van der Waals surface area contributed by atoms with E-state index in [0.29, 0.717) is 18.0 Å². The van der Waals surface area contributed by atoms with Crippen molar-refractivity contribution in [3.05, 3.63) is 29.6 Å². The van der Waals surface area contributed by atoms with E-state index in [-0.39, 0.29) is 5.78 Å². The number of fused-ring (bicyclic) bond motifs is 3. The smallest absolute Gasteiger partial charge is 0.181 e. The first-order valence-corrected chi connectivity index (χ1v) is 6.90. The van der Waals surface area contributed by atoms with Crippen LogP contribution in [0.25, 0.3) is 0 Å². The highest BCUT2D eigenvalue weighted by molar-refractivity contribution is 5.94. The van der Waals surface area contributed by atoms with E-state index in [1.165, 1.54) is 25.9 Å². The zero-order valence-corrected chi connectivity index (χ0v) is 10.9. The molecule has 0 amide bonds. The zero-order chi connectivity index (χ0) is 12.5. The van der Waals surface area contributed by atoms with Gasteiger partial charge in [-0.25, -0.2) is 0 Å². The predicted molar refractivity (Wildman–Crippen MR) is 70.6 cm³/mol. The van der Waals surface area contributed by atoms with Crippen molar-refractivity contribution in [1.29, 1.82) is 0 Å². The van der Waals surface area contributed by atoms with Crippen molar-refractivity contribution in [2.24, 2.45) is 11.8 Å². The summed E-state index contributed by atoms with van der Waals surface area (Å²) in [6, 6.07) is 3.83. The van der Waals surface area contributed by atoms with Crippen LogP contribution in [0.3, 0.4) is 0 Å². The molecule has 3 heteroatoms. The minimum absolute atomic E-state index is 0.216. The standard InChI is InChI=1S/C15H20N2O/c1-11-2-3-14(16-9-11)15(18)8-13-10-17-6-4-12(13)5-7-17/h2-3,9,12-13H,4-8,10H2,1H3/t13-/m0/s1. The maximum atomic E-state index is 12.2. The summed E-state index contributed by atoms with van der Waals surface area (Å²) in [7, 11) is 0. The summed E-state index contributed by atoms with van der Waals surface area (Å²) in [4.78, 5) is 19.0. The Morgan fingerprint density at radius 1 is 1.39 bits per heavy atom. The van der Waals surface area contributed by atoms with Crippen molar-refractivity contribution in [2.45, 2.75) is 26.2 Å². The van der Waals surface area contributed by atoms with Gasteiger partial charge in [0, 0.05) is 19.2 Å². The molecule has 1 atom stereocenters. The molecular weight excluding hydrogens is 224 g/mol. The number of rotatable bonds is 3. The highest BCUT2D eigenvalue weighted by Gasteiger charge is 2.35. The van der Waals surface area contributed by atoms with Crippen molar-refractivity contribution < 1.29 is 4.79 Å². The third-order valence-electron chi connectivity index (χ3n) is 4.44. The number of aryl methyl sites for hydroxylation is 1. The normalized spacial score (nSPS) is 30.4. The molecular formula is C15H20N2O. The summed E-state index contributed by atoms with van der Waals surface area (Å²) in [6.07, 6.45) is 5.01. The van der Waals surface area contributed by atoms with E-state index in [0.717, 1.165) is 18.0 Å². The van der Waals surface area contributed by atoms with Crippen LogP contribution in [-0.4, -0.2) is 35.3 Å². The second-order valence-corrected chi connectivity index (χ2v) is 5.75. The van der Waals surface area contributed by atoms with Crippen molar-refractivity contribution in [3.8, 4) is 0 Å². The molecule has 4 heterocycles. The minimum atomic E-state index is 0.216. The summed E-state index contributed by atoms with van der Waals surface area (Å²) in [6.45, 7) is 5.58. The van der Waals surface area contributed by atoms with E-state index < -0.39 is 0 Å². The number of carbonyl (C=O) groups excluding carboxylic acids is 1. The van der Waals surface area contributed by atoms with Crippen molar-refractivity contribution >= 4 is 5.78 Å². The van der Waals surface area contributed by atoms with Crippen LogP contribution in [0.1, 0.15) is 35.3 Å². The van der Waals surface area contributed by atoms with Crippen LogP contribution in [0, 0.1) is 18.8 Å². The van der Waals surface area contributed by atoms with E-state index in [2.05, 4.69) is 9.88 Å². The lowest BCUT2D eigenvalue weighted by molar-refractivity contribution is 0.0439. The van der Waals surface area contributed by atoms with Crippen molar-refractivity contribution in [1.82, 2.24) is 9.88 Å². The number of carbonyl (C=O) groups is 1. The first-order chi connectivity index (χ1) is 8.72. The van der Waals surface area contributed by atoms with Gasteiger partial charge in [-0.05, 0) is 56.3 Å². The Labute approximate surface area is 108 Å². The lowest BCUT2D eigenvalue weighted by atomic mass is 9.76. The first kappa shape index (κ1) is 11.8. The highest BCUT2D eigenvalue weighted by Crippen LogP contribution is 2.34. The Bertz CT molecular complexity index is 432. The fourth-order valence-corrected chi connectivity index (χ4v) is 3.29. The lowest BCUT2D eigenvalue weighted by Gasteiger charge is -2.44. The van der Waals surface area contributed by atoms with Crippen LogP contribution in [0.2, 0.25) is 0 Å². The molecule has 0 radical (unpaired) electrons. The molecule has 3 aliphatic heterocycles.